The van der Waals surface area contributed by atoms with Gasteiger partial charge in [0.2, 0.25) is 0 Å². The molecule has 0 unspecified atom stereocenters. The van der Waals surface area contributed by atoms with Crippen molar-refractivity contribution in [2.75, 3.05) is 0 Å². The summed E-state index contributed by atoms with van der Waals surface area (Å²) in [6.07, 6.45) is 1.41. The molecule has 21 heavy (non-hydrogen) atoms. The van der Waals surface area contributed by atoms with E-state index in [0.717, 1.165) is 17.5 Å². The topological polar surface area (TPSA) is 47.8 Å². The summed E-state index contributed by atoms with van der Waals surface area (Å²) in [6.45, 7) is 0.544. The van der Waals surface area contributed by atoms with Gasteiger partial charge in [-0.2, -0.15) is 0 Å². The first-order valence-electron chi connectivity index (χ1n) is 6.40. The minimum Gasteiger partial charge on any atom is -0.296 e. The van der Waals surface area contributed by atoms with Crippen LogP contribution in [0.4, 0.5) is 0 Å². The van der Waals surface area contributed by atoms with Gasteiger partial charge in [0.1, 0.15) is 5.69 Å². The molecule has 0 bridgehead atoms. The second kappa shape index (κ2) is 6.20. The molecule has 3 aromatic rings. The molecule has 0 saturated carbocycles. The number of hydrogen-bond acceptors (Lipinski definition) is 4. The molecule has 106 valence electrons. The third-order valence-corrected chi connectivity index (χ3v) is 4.23. The molecule has 0 saturated heterocycles. The number of benzene rings is 1. The number of carbonyl (C=O) groups excluding carboxylic acids is 1. The van der Waals surface area contributed by atoms with Crippen LogP contribution in [0.15, 0.2) is 41.8 Å². The highest BCUT2D eigenvalue weighted by atomic mass is 35.5. The monoisotopic (exact) mass is 317 g/mol. The number of nitrogens with zero attached hydrogens (tertiary/aromatic N) is 3. The summed E-state index contributed by atoms with van der Waals surface area (Å²) in [4.78, 5) is 12.3. The molecule has 0 amide bonds. The van der Waals surface area contributed by atoms with E-state index < -0.39 is 0 Å². The number of halogens is 1. The largest absolute Gasteiger partial charge is 0.296 e. The zero-order valence-electron chi connectivity index (χ0n) is 11.1. The molecule has 0 aliphatic rings. The van der Waals surface area contributed by atoms with Gasteiger partial charge in [-0.1, -0.05) is 35.0 Å². The van der Waals surface area contributed by atoms with Crippen molar-refractivity contribution in [2.24, 2.45) is 0 Å². The number of carbonyl (C=O) groups is 1. The van der Waals surface area contributed by atoms with Crippen LogP contribution in [-0.4, -0.2) is 21.3 Å². The predicted octanol–water partition coefficient (Wildman–Crippen LogP) is 3.44. The molecule has 0 radical (unpaired) electrons. The fourth-order valence-electron chi connectivity index (χ4n) is 2.13. The number of hydrogen-bond donors (Lipinski definition) is 0. The number of thiophene rings is 1. The van der Waals surface area contributed by atoms with Crippen LogP contribution < -0.4 is 0 Å². The average molecular weight is 318 g/mol. The molecule has 0 aliphatic heterocycles. The Morgan fingerprint density at radius 3 is 2.90 bits per heavy atom. The van der Waals surface area contributed by atoms with Crippen LogP contribution >= 0.6 is 22.9 Å². The molecular weight excluding hydrogens is 306 g/mol. The zero-order valence-corrected chi connectivity index (χ0v) is 12.6. The van der Waals surface area contributed by atoms with Crippen LogP contribution in [0.5, 0.6) is 0 Å². The lowest BCUT2D eigenvalue weighted by Gasteiger charge is -2.06. The quantitative estimate of drug-likeness (QED) is 0.677. The molecule has 0 aliphatic carbocycles. The highest BCUT2D eigenvalue weighted by Gasteiger charge is 2.13. The molecule has 2 aromatic heterocycles. The van der Waals surface area contributed by atoms with Crippen molar-refractivity contribution in [2.45, 2.75) is 13.0 Å². The van der Waals surface area contributed by atoms with Crippen molar-refractivity contribution in [3.05, 3.63) is 68.6 Å². The number of aldehydes is 1. The van der Waals surface area contributed by atoms with Gasteiger partial charge < -0.3 is 0 Å². The van der Waals surface area contributed by atoms with Gasteiger partial charge in [-0.3, -0.25) is 4.79 Å². The summed E-state index contributed by atoms with van der Waals surface area (Å²) in [7, 11) is 0. The molecule has 2 heterocycles. The lowest BCUT2D eigenvalue weighted by molar-refractivity contribution is 0.111. The Balaban J connectivity index is 1.91. The molecule has 1 aromatic carbocycles. The van der Waals surface area contributed by atoms with Crippen molar-refractivity contribution in [3.63, 3.8) is 0 Å². The van der Waals surface area contributed by atoms with Crippen molar-refractivity contribution in [1.29, 1.82) is 0 Å². The van der Waals surface area contributed by atoms with Crippen molar-refractivity contribution < 1.29 is 4.79 Å². The molecule has 0 spiro atoms. The van der Waals surface area contributed by atoms with Gasteiger partial charge in [0.25, 0.3) is 0 Å². The third kappa shape index (κ3) is 3.20. The maximum Gasteiger partial charge on any atom is 0.172 e. The Kier molecular flexibility index (Phi) is 4.13. The lowest BCUT2D eigenvalue weighted by Crippen LogP contribution is -2.07. The average Bonchev–Trinajstić information content (AvgIpc) is 3.10. The van der Waals surface area contributed by atoms with Crippen LogP contribution in [-0.2, 0) is 13.0 Å². The third-order valence-electron chi connectivity index (χ3n) is 3.12. The highest BCUT2D eigenvalue weighted by Crippen LogP contribution is 2.18. The van der Waals surface area contributed by atoms with E-state index in [-0.39, 0.29) is 0 Å². The zero-order chi connectivity index (χ0) is 14.7. The first-order valence-corrected chi connectivity index (χ1v) is 7.66. The van der Waals surface area contributed by atoms with Gasteiger partial charge in [0.15, 0.2) is 6.29 Å². The van der Waals surface area contributed by atoms with Gasteiger partial charge >= 0.3 is 0 Å². The van der Waals surface area contributed by atoms with E-state index in [1.54, 1.807) is 16.0 Å². The predicted molar refractivity (Wildman–Crippen MR) is 83.1 cm³/mol. The second-order valence-electron chi connectivity index (χ2n) is 4.58. The van der Waals surface area contributed by atoms with E-state index in [2.05, 4.69) is 10.3 Å². The summed E-state index contributed by atoms with van der Waals surface area (Å²) in [5.74, 6) is 0. The Labute approximate surface area is 131 Å². The fourth-order valence-corrected chi connectivity index (χ4v) is 3.06. The summed E-state index contributed by atoms with van der Waals surface area (Å²) < 4.78 is 1.76. The molecule has 6 heteroatoms. The van der Waals surface area contributed by atoms with Gasteiger partial charge in [-0.25, -0.2) is 4.68 Å². The van der Waals surface area contributed by atoms with E-state index in [4.69, 9.17) is 11.6 Å². The Bertz CT molecular complexity index is 752. The number of aromatic nitrogens is 3. The van der Waals surface area contributed by atoms with Crippen molar-refractivity contribution in [3.8, 4) is 0 Å². The standard InChI is InChI=1S/C15H12ClN3OS/c16-12-4-1-3-11(7-12)9-19-15(14(10-20)17-18-19)8-13-5-2-6-21-13/h1-7,10H,8-9H2. The first kappa shape index (κ1) is 14.0. The van der Waals surface area contributed by atoms with E-state index in [1.807, 2.05) is 41.8 Å². The maximum atomic E-state index is 11.1. The minimum atomic E-state index is 0.394. The van der Waals surface area contributed by atoms with Crippen LogP contribution in [0.25, 0.3) is 0 Å². The highest BCUT2D eigenvalue weighted by molar-refractivity contribution is 7.09. The Hall–Kier alpha value is -1.98. The smallest absolute Gasteiger partial charge is 0.172 e. The Morgan fingerprint density at radius 1 is 1.29 bits per heavy atom. The summed E-state index contributed by atoms with van der Waals surface area (Å²) in [5.41, 5.74) is 2.25. The van der Waals surface area contributed by atoms with E-state index in [1.165, 1.54) is 4.88 Å². The van der Waals surface area contributed by atoms with E-state index >= 15 is 0 Å². The minimum absolute atomic E-state index is 0.394. The molecule has 3 rings (SSSR count). The van der Waals surface area contributed by atoms with Crippen LogP contribution in [0.1, 0.15) is 26.6 Å². The molecular formula is C15H12ClN3OS. The normalized spacial score (nSPS) is 10.7. The summed E-state index contributed by atoms with van der Waals surface area (Å²) in [5, 5.41) is 10.7. The molecule has 0 N–H and O–H groups in total. The van der Waals surface area contributed by atoms with E-state index in [9.17, 15) is 4.79 Å². The SMILES string of the molecule is O=Cc1nnn(Cc2cccc(Cl)c2)c1Cc1cccs1. The Morgan fingerprint density at radius 2 is 2.19 bits per heavy atom. The summed E-state index contributed by atoms with van der Waals surface area (Å²) >= 11 is 7.65. The molecule has 4 nitrogen and oxygen atoms in total. The fraction of sp³-hybridized carbons (Fsp3) is 0.133. The van der Waals surface area contributed by atoms with Gasteiger partial charge in [0, 0.05) is 16.3 Å². The summed E-state index contributed by atoms with van der Waals surface area (Å²) in [6, 6.07) is 11.6. The first-order chi connectivity index (χ1) is 10.3. The van der Waals surface area contributed by atoms with Gasteiger partial charge in [-0.05, 0) is 29.1 Å². The van der Waals surface area contributed by atoms with Crippen molar-refractivity contribution >= 4 is 29.2 Å². The van der Waals surface area contributed by atoms with E-state index in [0.29, 0.717) is 23.7 Å². The van der Waals surface area contributed by atoms with Gasteiger partial charge in [0.05, 0.1) is 12.2 Å². The maximum absolute atomic E-state index is 11.1. The van der Waals surface area contributed by atoms with Crippen LogP contribution in [0.2, 0.25) is 5.02 Å². The molecule has 0 fully saturated rings. The number of rotatable bonds is 5. The van der Waals surface area contributed by atoms with Crippen LogP contribution in [0, 0.1) is 0 Å². The van der Waals surface area contributed by atoms with Crippen LogP contribution in [0.3, 0.4) is 0 Å². The second-order valence-corrected chi connectivity index (χ2v) is 6.05. The van der Waals surface area contributed by atoms with Crippen molar-refractivity contribution in [1.82, 2.24) is 15.0 Å². The lowest BCUT2D eigenvalue weighted by atomic mass is 10.2. The van der Waals surface area contributed by atoms with Gasteiger partial charge in [-0.15, -0.1) is 16.4 Å². The molecule has 0 atom stereocenters.